The molecule has 0 saturated carbocycles. The van der Waals surface area contributed by atoms with Crippen molar-refractivity contribution < 1.29 is 14.6 Å². The van der Waals surface area contributed by atoms with Crippen molar-refractivity contribution >= 4 is 33.7 Å². The summed E-state index contributed by atoms with van der Waals surface area (Å²) in [7, 11) is 0. The lowest BCUT2D eigenvalue weighted by Gasteiger charge is -2.26. The summed E-state index contributed by atoms with van der Waals surface area (Å²) in [6, 6.07) is 19.0. The molecule has 1 aromatic heterocycles. The number of piperidine rings is 1. The molecule has 6 heteroatoms. The summed E-state index contributed by atoms with van der Waals surface area (Å²) in [6.07, 6.45) is 3.92. The van der Waals surface area contributed by atoms with Crippen molar-refractivity contribution in [2.45, 2.75) is 19.3 Å². The normalized spacial score (nSPS) is 14.5. The highest BCUT2D eigenvalue weighted by Crippen LogP contribution is 2.44. The summed E-state index contributed by atoms with van der Waals surface area (Å²) in [6.45, 7) is 4.00. The Kier molecular flexibility index (Phi) is 6.72. The summed E-state index contributed by atoms with van der Waals surface area (Å²) < 4.78 is 13.1. The molecule has 1 aliphatic rings. The van der Waals surface area contributed by atoms with E-state index < -0.39 is 0 Å². The first-order valence-electron chi connectivity index (χ1n) is 11.3. The quantitative estimate of drug-likeness (QED) is 0.296. The fourth-order valence-corrected chi connectivity index (χ4v) is 5.24. The minimum atomic E-state index is 0.223. The Balaban J connectivity index is 1.36. The Hall–Kier alpha value is -2.73. The molecule has 0 radical (unpaired) electrons. The van der Waals surface area contributed by atoms with Gasteiger partial charge in [-0.05, 0) is 91.3 Å². The van der Waals surface area contributed by atoms with Gasteiger partial charge in [-0.15, -0.1) is 11.3 Å². The number of rotatable bonds is 7. The molecule has 33 heavy (non-hydrogen) atoms. The number of fused-ring (bicyclic) bond motifs is 1. The Labute approximate surface area is 203 Å². The fourth-order valence-electron chi connectivity index (χ4n) is 4.29. The number of hydrogen-bond donors (Lipinski definition) is 1. The van der Waals surface area contributed by atoms with E-state index in [1.54, 1.807) is 12.1 Å². The molecular formula is C27H26ClNO3S. The van der Waals surface area contributed by atoms with Crippen LogP contribution in [-0.2, 0) is 0 Å². The van der Waals surface area contributed by atoms with Crippen molar-refractivity contribution in [2.24, 2.45) is 0 Å². The number of benzene rings is 3. The monoisotopic (exact) mass is 479 g/mol. The number of nitrogens with zero attached hydrogens (tertiary/aromatic N) is 1. The largest absolute Gasteiger partial charge is 0.508 e. The summed E-state index contributed by atoms with van der Waals surface area (Å²) in [5, 5.41) is 13.7. The number of likely N-dealkylation sites (tertiary alicyclic amines) is 1. The lowest BCUT2D eigenvalue weighted by Crippen LogP contribution is -2.33. The van der Waals surface area contributed by atoms with Crippen LogP contribution in [0.4, 0.5) is 0 Å². The lowest BCUT2D eigenvalue weighted by molar-refractivity contribution is 0.183. The topological polar surface area (TPSA) is 41.9 Å². The van der Waals surface area contributed by atoms with E-state index in [-0.39, 0.29) is 5.75 Å². The van der Waals surface area contributed by atoms with E-state index in [9.17, 15) is 5.11 Å². The van der Waals surface area contributed by atoms with Gasteiger partial charge in [0, 0.05) is 23.1 Å². The second-order valence-electron chi connectivity index (χ2n) is 8.28. The molecule has 2 heterocycles. The highest BCUT2D eigenvalue weighted by atomic mass is 35.5. The molecule has 1 fully saturated rings. The van der Waals surface area contributed by atoms with E-state index in [2.05, 4.69) is 4.90 Å². The van der Waals surface area contributed by atoms with Crippen molar-refractivity contribution in [3.05, 3.63) is 70.4 Å². The number of phenolic OH excluding ortho intramolecular Hbond substituents is 1. The van der Waals surface area contributed by atoms with E-state index in [1.807, 2.05) is 53.9 Å². The summed E-state index contributed by atoms with van der Waals surface area (Å²) in [4.78, 5) is 2.47. The van der Waals surface area contributed by atoms with Gasteiger partial charge in [-0.1, -0.05) is 24.1 Å². The molecule has 0 spiro atoms. The summed E-state index contributed by atoms with van der Waals surface area (Å²) >= 11 is 7.95. The van der Waals surface area contributed by atoms with E-state index in [0.717, 1.165) is 38.5 Å². The third-order valence-corrected chi connectivity index (χ3v) is 7.20. The Morgan fingerprint density at radius 1 is 0.879 bits per heavy atom. The number of ether oxygens (including phenoxy) is 2. The maximum atomic E-state index is 9.92. The number of thiophene rings is 1. The lowest BCUT2D eigenvalue weighted by atomic mass is 10.0. The highest BCUT2D eigenvalue weighted by Gasteiger charge is 2.16. The maximum Gasteiger partial charge on any atom is 0.143 e. The van der Waals surface area contributed by atoms with E-state index in [0.29, 0.717) is 18.1 Å². The number of aromatic hydroxyl groups is 1. The van der Waals surface area contributed by atoms with Crippen molar-refractivity contribution in [1.29, 1.82) is 0 Å². The van der Waals surface area contributed by atoms with Gasteiger partial charge in [0.05, 0.1) is 0 Å². The van der Waals surface area contributed by atoms with Crippen molar-refractivity contribution in [1.82, 2.24) is 4.90 Å². The third kappa shape index (κ3) is 5.11. The number of hydrogen-bond acceptors (Lipinski definition) is 5. The second kappa shape index (κ2) is 10.0. The molecule has 0 unspecified atom stereocenters. The molecule has 0 aliphatic carbocycles. The van der Waals surface area contributed by atoms with Crippen LogP contribution in [0.3, 0.4) is 0 Å². The van der Waals surface area contributed by atoms with E-state index >= 15 is 0 Å². The smallest absolute Gasteiger partial charge is 0.143 e. The number of phenols is 1. The van der Waals surface area contributed by atoms with Gasteiger partial charge in [-0.2, -0.15) is 0 Å². The molecule has 3 aromatic carbocycles. The predicted octanol–water partition coefficient (Wildman–Crippen LogP) is 7.58. The van der Waals surface area contributed by atoms with Gasteiger partial charge in [0.2, 0.25) is 0 Å². The van der Waals surface area contributed by atoms with Gasteiger partial charge in [0.1, 0.15) is 33.9 Å². The standard InChI is InChI=1S/C27H26ClNO3S/c28-27-25(12-17-33-27)24-10-4-19-18-20(30)5-11-23(19)26(24)32-22-8-6-21(7-9-22)31-16-15-29-13-2-1-3-14-29/h4-12,17-18,30H,1-3,13-16H2. The third-order valence-electron chi connectivity index (χ3n) is 6.03. The molecule has 4 nitrogen and oxygen atoms in total. The Morgan fingerprint density at radius 3 is 2.42 bits per heavy atom. The molecule has 1 N–H and O–H groups in total. The van der Waals surface area contributed by atoms with Crippen LogP contribution in [0.25, 0.3) is 21.9 Å². The average molecular weight is 480 g/mol. The predicted molar refractivity (Wildman–Crippen MR) is 136 cm³/mol. The first kappa shape index (κ1) is 22.1. The molecule has 5 rings (SSSR count). The molecule has 0 atom stereocenters. The van der Waals surface area contributed by atoms with Gasteiger partial charge >= 0.3 is 0 Å². The molecule has 4 aromatic rings. The summed E-state index contributed by atoms with van der Waals surface area (Å²) in [5.41, 5.74) is 1.85. The minimum absolute atomic E-state index is 0.223. The molecule has 0 bridgehead atoms. The minimum Gasteiger partial charge on any atom is -0.508 e. The van der Waals surface area contributed by atoms with Crippen molar-refractivity contribution in [3.8, 4) is 34.1 Å². The van der Waals surface area contributed by atoms with Crippen molar-refractivity contribution in [2.75, 3.05) is 26.2 Å². The zero-order valence-electron chi connectivity index (χ0n) is 18.3. The van der Waals surface area contributed by atoms with Crippen LogP contribution in [0.15, 0.2) is 66.0 Å². The first-order valence-corrected chi connectivity index (χ1v) is 12.6. The first-order chi connectivity index (χ1) is 16.2. The van der Waals surface area contributed by atoms with Crippen LogP contribution in [0.5, 0.6) is 23.0 Å². The average Bonchev–Trinajstić information content (AvgIpc) is 3.26. The Bertz CT molecular complexity index is 1230. The van der Waals surface area contributed by atoms with Gasteiger partial charge in [-0.3, -0.25) is 4.90 Å². The van der Waals surface area contributed by atoms with Crippen LogP contribution in [0, 0.1) is 0 Å². The van der Waals surface area contributed by atoms with Crippen LogP contribution < -0.4 is 9.47 Å². The summed E-state index contributed by atoms with van der Waals surface area (Å²) in [5.74, 6) is 2.49. The zero-order chi connectivity index (χ0) is 22.6. The molecular weight excluding hydrogens is 454 g/mol. The van der Waals surface area contributed by atoms with Crippen LogP contribution in [0.2, 0.25) is 4.34 Å². The zero-order valence-corrected chi connectivity index (χ0v) is 19.9. The van der Waals surface area contributed by atoms with Gasteiger partial charge in [-0.25, -0.2) is 0 Å². The van der Waals surface area contributed by atoms with E-state index in [1.165, 1.54) is 43.7 Å². The molecule has 0 amide bonds. The van der Waals surface area contributed by atoms with Gasteiger partial charge in [0.25, 0.3) is 0 Å². The number of halogens is 1. The van der Waals surface area contributed by atoms with Gasteiger partial charge in [0.15, 0.2) is 0 Å². The van der Waals surface area contributed by atoms with Crippen molar-refractivity contribution in [3.63, 3.8) is 0 Å². The van der Waals surface area contributed by atoms with E-state index in [4.69, 9.17) is 21.1 Å². The molecule has 1 aliphatic heterocycles. The van der Waals surface area contributed by atoms with Crippen LogP contribution in [-0.4, -0.2) is 36.2 Å². The van der Waals surface area contributed by atoms with Crippen LogP contribution >= 0.6 is 22.9 Å². The fraction of sp³-hybridized carbons (Fsp3) is 0.259. The maximum absolute atomic E-state index is 9.92. The second-order valence-corrected chi connectivity index (χ2v) is 9.80. The highest BCUT2D eigenvalue weighted by molar-refractivity contribution is 7.15. The molecule has 170 valence electrons. The van der Waals surface area contributed by atoms with Gasteiger partial charge < -0.3 is 14.6 Å². The molecule has 1 saturated heterocycles. The van der Waals surface area contributed by atoms with Crippen LogP contribution in [0.1, 0.15) is 19.3 Å². The SMILES string of the molecule is Oc1ccc2c(Oc3ccc(OCCN4CCCCC4)cc3)c(-c3ccsc3Cl)ccc2c1. The Morgan fingerprint density at radius 2 is 1.67 bits per heavy atom.